The molecule has 1 aliphatic rings. The number of piperazine rings is 1. The summed E-state index contributed by atoms with van der Waals surface area (Å²) in [6.07, 6.45) is 0. The molecular weight excluding hydrogens is 462 g/mol. The zero-order chi connectivity index (χ0) is 25.2. The molecule has 1 atom stereocenters. The number of carbonyl (C=O) groups excluding carboxylic acids is 2. The highest BCUT2D eigenvalue weighted by atomic mass is 32.2. The van der Waals surface area contributed by atoms with E-state index in [4.69, 9.17) is 0 Å². The number of hydrogen-bond donors (Lipinski definition) is 1. The van der Waals surface area contributed by atoms with Gasteiger partial charge in [-0.15, -0.1) is 0 Å². The van der Waals surface area contributed by atoms with E-state index >= 15 is 0 Å². The molecule has 0 saturated carbocycles. The molecule has 0 bridgehead atoms. The second kappa shape index (κ2) is 9.64. The van der Waals surface area contributed by atoms with E-state index in [1.54, 1.807) is 31.2 Å². The van der Waals surface area contributed by atoms with Crippen LogP contribution in [0.3, 0.4) is 0 Å². The maximum Gasteiger partial charge on any atom is 0.247 e. The Labute approximate surface area is 206 Å². The molecule has 0 spiro atoms. The quantitative estimate of drug-likeness (QED) is 0.573. The van der Waals surface area contributed by atoms with Gasteiger partial charge in [-0.1, -0.05) is 54.6 Å². The summed E-state index contributed by atoms with van der Waals surface area (Å²) in [7, 11) is -3.98. The highest BCUT2D eigenvalue weighted by Crippen LogP contribution is 2.33. The predicted octanol–water partition coefficient (Wildman–Crippen LogP) is 3.42. The lowest BCUT2D eigenvalue weighted by Gasteiger charge is -2.46. The van der Waals surface area contributed by atoms with Crippen LogP contribution in [0.4, 0.5) is 5.69 Å². The standard InChI is InChI=1S/C27H29N3O4S/c1-20-14-15-23(16-21(20)2)30-25(31)18-29(35(33,34)24-12-8-5-9-13-24)19-27(30,3)26(32)28-17-22-10-6-4-7-11-22/h4-16H,17-19H2,1-3H3,(H,28,32). The van der Waals surface area contributed by atoms with Crippen LogP contribution < -0.4 is 10.2 Å². The lowest BCUT2D eigenvalue weighted by Crippen LogP contribution is -2.70. The van der Waals surface area contributed by atoms with Gasteiger partial charge >= 0.3 is 0 Å². The third kappa shape index (κ3) is 4.85. The third-order valence-electron chi connectivity index (χ3n) is 6.45. The van der Waals surface area contributed by atoms with Gasteiger partial charge in [0.2, 0.25) is 21.8 Å². The van der Waals surface area contributed by atoms with Gasteiger partial charge in [0.25, 0.3) is 0 Å². The Morgan fingerprint density at radius 2 is 1.57 bits per heavy atom. The summed E-state index contributed by atoms with van der Waals surface area (Å²) in [4.78, 5) is 28.7. The molecule has 1 N–H and O–H groups in total. The average Bonchev–Trinajstić information content (AvgIpc) is 2.85. The van der Waals surface area contributed by atoms with Gasteiger partial charge in [-0.3, -0.25) is 14.5 Å². The number of rotatable bonds is 6. The number of nitrogens with zero attached hydrogens (tertiary/aromatic N) is 2. The van der Waals surface area contributed by atoms with E-state index in [0.717, 1.165) is 21.0 Å². The third-order valence-corrected chi connectivity index (χ3v) is 8.26. The lowest BCUT2D eigenvalue weighted by atomic mass is 9.93. The van der Waals surface area contributed by atoms with Gasteiger partial charge in [-0.2, -0.15) is 4.31 Å². The van der Waals surface area contributed by atoms with Gasteiger partial charge in [-0.05, 0) is 61.7 Å². The Balaban J connectivity index is 1.73. The van der Waals surface area contributed by atoms with Crippen molar-refractivity contribution in [1.82, 2.24) is 9.62 Å². The predicted molar refractivity (Wildman–Crippen MR) is 135 cm³/mol. The molecule has 8 heteroatoms. The number of anilines is 1. The maximum absolute atomic E-state index is 13.7. The fourth-order valence-electron chi connectivity index (χ4n) is 4.31. The van der Waals surface area contributed by atoms with Gasteiger partial charge in [0.1, 0.15) is 5.54 Å². The molecular formula is C27H29N3O4S. The molecule has 3 aromatic rings. The minimum absolute atomic E-state index is 0.0828. The largest absolute Gasteiger partial charge is 0.350 e. The molecule has 4 rings (SSSR count). The molecule has 3 aromatic carbocycles. The Hall–Kier alpha value is -3.49. The molecule has 7 nitrogen and oxygen atoms in total. The highest BCUT2D eigenvalue weighted by molar-refractivity contribution is 7.89. The molecule has 2 amide bonds. The highest BCUT2D eigenvalue weighted by Gasteiger charge is 2.51. The zero-order valence-electron chi connectivity index (χ0n) is 20.1. The van der Waals surface area contributed by atoms with Crippen LogP contribution in [0.2, 0.25) is 0 Å². The van der Waals surface area contributed by atoms with E-state index in [1.807, 2.05) is 56.3 Å². The van der Waals surface area contributed by atoms with Crippen molar-refractivity contribution in [1.29, 1.82) is 0 Å². The van der Waals surface area contributed by atoms with Crippen LogP contribution in [-0.2, 0) is 26.2 Å². The lowest BCUT2D eigenvalue weighted by molar-refractivity contribution is -0.133. The van der Waals surface area contributed by atoms with Gasteiger partial charge in [-0.25, -0.2) is 8.42 Å². The summed E-state index contributed by atoms with van der Waals surface area (Å²) >= 11 is 0. The first kappa shape index (κ1) is 24.6. The SMILES string of the molecule is Cc1ccc(N2C(=O)CN(S(=O)(=O)c3ccccc3)CC2(C)C(=O)NCc2ccccc2)cc1C. The first-order valence-corrected chi connectivity index (χ1v) is 12.8. The summed E-state index contributed by atoms with van der Waals surface area (Å²) in [5.41, 5.74) is 2.03. The molecule has 182 valence electrons. The first-order valence-electron chi connectivity index (χ1n) is 11.4. The fraction of sp³-hybridized carbons (Fsp3) is 0.259. The van der Waals surface area contributed by atoms with Gasteiger partial charge < -0.3 is 5.32 Å². The summed E-state index contributed by atoms with van der Waals surface area (Å²) in [6.45, 7) is 5.25. The van der Waals surface area contributed by atoms with E-state index in [1.165, 1.54) is 17.0 Å². The van der Waals surface area contributed by atoms with Crippen molar-refractivity contribution in [3.63, 3.8) is 0 Å². The molecule has 0 radical (unpaired) electrons. The Morgan fingerprint density at radius 1 is 0.943 bits per heavy atom. The summed E-state index contributed by atoms with van der Waals surface area (Å²) in [5, 5.41) is 2.91. The molecule has 35 heavy (non-hydrogen) atoms. The fourth-order valence-corrected chi connectivity index (χ4v) is 5.81. The van der Waals surface area contributed by atoms with E-state index in [0.29, 0.717) is 5.69 Å². The summed E-state index contributed by atoms with van der Waals surface area (Å²) < 4.78 is 27.9. The number of aryl methyl sites for hydroxylation is 2. The smallest absolute Gasteiger partial charge is 0.247 e. The van der Waals surface area contributed by atoms with Crippen LogP contribution >= 0.6 is 0 Å². The minimum Gasteiger partial charge on any atom is -0.350 e. The van der Waals surface area contributed by atoms with Crippen LogP contribution in [0.5, 0.6) is 0 Å². The minimum atomic E-state index is -3.98. The Bertz CT molecular complexity index is 1340. The molecule has 1 aliphatic heterocycles. The molecule has 1 unspecified atom stereocenters. The van der Waals surface area contributed by atoms with Crippen molar-refractivity contribution in [2.24, 2.45) is 0 Å². The van der Waals surface area contributed by atoms with Crippen LogP contribution in [0.1, 0.15) is 23.6 Å². The van der Waals surface area contributed by atoms with E-state index < -0.39 is 27.4 Å². The number of hydrogen-bond acceptors (Lipinski definition) is 4. The average molecular weight is 492 g/mol. The second-order valence-corrected chi connectivity index (χ2v) is 11.0. The number of nitrogens with one attached hydrogen (secondary N) is 1. The molecule has 0 aliphatic carbocycles. The normalized spacial score (nSPS) is 18.9. The van der Waals surface area contributed by atoms with Crippen LogP contribution in [0.25, 0.3) is 0 Å². The summed E-state index contributed by atoms with van der Waals surface area (Å²) in [5.74, 6) is -0.891. The molecule has 1 saturated heterocycles. The number of amides is 2. The van der Waals surface area contributed by atoms with E-state index in [9.17, 15) is 18.0 Å². The van der Waals surface area contributed by atoms with Gasteiger partial charge in [0.05, 0.1) is 11.4 Å². The van der Waals surface area contributed by atoms with E-state index in [-0.39, 0.29) is 24.5 Å². The number of sulfonamides is 1. The van der Waals surface area contributed by atoms with Crippen molar-refractivity contribution < 1.29 is 18.0 Å². The second-order valence-electron chi connectivity index (χ2n) is 9.03. The van der Waals surface area contributed by atoms with Crippen LogP contribution in [-0.4, -0.2) is 43.2 Å². The number of benzene rings is 3. The van der Waals surface area contributed by atoms with Crippen molar-refractivity contribution in [3.8, 4) is 0 Å². The monoisotopic (exact) mass is 491 g/mol. The topological polar surface area (TPSA) is 86.8 Å². The van der Waals surface area contributed by atoms with Crippen molar-refractivity contribution >= 4 is 27.5 Å². The van der Waals surface area contributed by atoms with Crippen molar-refractivity contribution in [2.45, 2.75) is 37.8 Å². The van der Waals surface area contributed by atoms with Crippen LogP contribution in [0.15, 0.2) is 83.8 Å². The van der Waals surface area contributed by atoms with Crippen LogP contribution in [0, 0.1) is 13.8 Å². The molecule has 1 heterocycles. The molecule has 1 fully saturated rings. The van der Waals surface area contributed by atoms with Crippen molar-refractivity contribution in [2.75, 3.05) is 18.0 Å². The van der Waals surface area contributed by atoms with Crippen molar-refractivity contribution in [3.05, 3.63) is 95.6 Å². The van der Waals surface area contributed by atoms with E-state index in [2.05, 4.69) is 5.32 Å². The molecule has 0 aromatic heterocycles. The number of carbonyl (C=O) groups is 2. The first-order chi connectivity index (χ1) is 16.6. The van der Waals surface area contributed by atoms with Gasteiger partial charge in [0.15, 0.2) is 0 Å². The summed E-state index contributed by atoms with van der Waals surface area (Å²) in [6, 6.07) is 22.9. The Kier molecular flexibility index (Phi) is 6.78. The Morgan fingerprint density at radius 3 is 2.20 bits per heavy atom. The zero-order valence-corrected chi connectivity index (χ0v) is 20.9. The van der Waals surface area contributed by atoms with Gasteiger partial charge in [0, 0.05) is 18.8 Å². The maximum atomic E-state index is 13.7.